The Bertz CT molecular complexity index is 632. The van der Waals surface area contributed by atoms with Crippen molar-refractivity contribution in [2.24, 2.45) is 7.05 Å². The summed E-state index contributed by atoms with van der Waals surface area (Å²) >= 11 is 1.75. The molecule has 0 bridgehead atoms. The zero-order valence-corrected chi connectivity index (χ0v) is 12.8. The maximum Gasteiger partial charge on any atom is 0.333 e. The molecule has 2 heterocycles. The first-order valence-corrected chi connectivity index (χ1v) is 7.20. The van der Waals surface area contributed by atoms with Gasteiger partial charge in [0.15, 0.2) is 0 Å². The van der Waals surface area contributed by atoms with Gasteiger partial charge in [0.25, 0.3) is 0 Å². The van der Waals surface area contributed by atoms with Crippen LogP contribution < -0.4 is 5.32 Å². The van der Waals surface area contributed by atoms with E-state index >= 15 is 0 Å². The Morgan fingerprint density at radius 2 is 2.20 bits per heavy atom. The molecule has 20 heavy (non-hydrogen) atoms. The molecule has 108 valence electrons. The minimum atomic E-state index is -0.382. The molecule has 2 rings (SSSR count). The quantitative estimate of drug-likeness (QED) is 0.679. The largest absolute Gasteiger partial charge is 0.362 e. The van der Waals surface area contributed by atoms with E-state index in [9.17, 15) is 10.1 Å². The maximum absolute atomic E-state index is 11.1. The van der Waals surface area contributed by atoms with Gasteiger partial charge in [-0.05, 0) is 32.9 Å². The van der Waals surface area contributed by atoms with Crippen molar-refractivity contribution in [2.45, 2.75) is 33.2 Å². The monoisotopic (exact) mass is 294 g/mol. The molecule has 0 aliphatic carbocycles. The molecule has 1 unspecified atom stereocenters. The number of aromatic nitrogens is 2. The third-order valence-corrected chi connectivity index (χ3v) is 4.08. The Kier molecular flexibility index (Phi) is 4.08. The molecule has 1 N–H and O–H groups in total. The van der Waals surface area contributed by atoms with E-state index in [1.165, 1.54) is 14.4 Å². The number of nitrogens with zero attached hydrogens (tertiary/aromatic N) is 3. The molecule has 0 saturated carbocycles. The molecule has 7 heteroatoms. The van der Waals surface area contributed by atoms with Gasteiger partial charge in [-0.2, -0.15) is 5.10 Å². The van der Waals surface area contributed by atoms with E-state index < -0.39 is 0 Å². The smallest absolute Gasteiger partial charge is 0.333 e. The molecule has 2 aromatic rings. The van der Waals surface area contributed by atoms with E-state index in [1.807, 2.05) is 6.92 Å². The fourth-order valence-electron chi connectivity index (χ4n) is 2.21. The van der Waals surface area contributed by atoms with E-state index in [4.69, 9.17) is 0 Å². The van der Waals surface area contributed by atoms with Crippen LogP contribution in [0.4, 0.5) is 11.5 Å². The summed E-state index contributed by atoms with van der Waals surface area (Å²) < 4.78 is 1.53. The number of nitro groups is 1. The summed E-state index contributed by atoms with van der Waals surface area (Å²) in [7, 11) is 1.71. The summed E-state index contributed by atoms with van der Waals surface area (Å²) in [6, 6.07) is 4.28. The van der Waals surface area contributed by atoms with Gasteiger partial charge in [-0.1, -0.05) is 0 Å². The van der Waals surface area contributed by atoms with E-state index in [0.29, 0.717) is 11.5 Å². The zero-order chi connectivity index (χ0) is 14.9. The second-order valence-electron chi connectivity index (χ2n) is 4.93. The highest BCUT2D eigenvalue weighted by Gasteiger charge is 2.24. The lowest BCUT2D eigenvalue weighted by molar-refractivity contribution is -0.384. The standard InChI is InChI=1S/C13H18N4O2S/c1-8(7-11-6-5-9(2)20-11)14-13-12(17(18)19)10(3)15-16(13)4/h5-6,8,14H,7H2,1-4H3. The van der Waals surface area contributed by atoms with Crippen LogP contribution in [0.25, 0.3) is 0 Å². The van der Waals surface area contributed by atoms with Crippen molar-refractivity contribution in [3.05, 3.63) is 37.7 Å². The average molecular weight is 294 g/mol. The van der Waals surface area contributed by atoms with E-state index in [0.717, 1.165) is 6.42 Å². The number of nitrogens with one attached hydrogen (secondary N) is 1. The second-order valence-corrected chi connectivity index (χ2v) is 6.30. The minimum absolute atomic E-state index is 0.0571. The predicted octanol–water partition coefficient (Wildman–Crippen LogP) is 3.05. The molecule has 0 saturated heterocycles. The number of aryl methyl sites for hydroxylation is 3. The fraction of sp³-hybridized carbons (Fsp3) is 0.462. The Hall–Kier alpha value is -1.89. The number of rotatable bonds is 5. The third kappa shape index (κ3) is 2.98. The summed E-state index contributed by atoms with van der Waals surface area (Å²) in [5.74, 6) is 0.466. The lowest BCUT2D eigenvalue weighted by Gasteiger charge is -2.13. The first kappa shape index (κ1) is 14.5. The highest BCUT2D eigenvalue weighted by Crippen LogP contribution is 2.28. The Morgan fingerprint density at radius 1 is 1.50 bits per heavy atom. The fourth-order valence-corrected chi connectivity index (χ4v) is 3.23. The molecule has 0 spiro atoms. The highest BCUT2D eigenvalue weighted by molar-refractivity contribution is 7.11. The topological polar surface area (TPSA) is 73.0 Å². The molecular weight excluding hydrogens is 276 g/mol. The summed E-state index contributed by atoms with van der Waals surface area (Å²) in [5.41, 5.74) is 0.487. The average Bonchev–Trinajstić information content (AvgIpc) is 2.83. The molecular formula is C13H18N4O2S. The molecule has 0 fully saturated rings. The van der Waals surface area contributed by atoms with Crippen molar-refractivity contribution in [3.63, 3.8) is 0 Å². The van der Waals surface area contributed by atoms with Crippen LogP contribution in [0.3, 0.4) is 0 Å². The van der Waals surface area contributed by atoms with Crippen LogP contribution in [0.15, 0.2) is 12.1 Å². The molecule has 0 aromatic carbocycles. The molecule has 6 nitrogen and oxygen atoms in total. The Labute approximate surface area is 121 Å². The van der Waals surface area contributed by atoms with Gasteiger partial charge in [0.1, 0.15) is 5.69 Å². The Morgan fingerprint density at radius 3 is 2.75 bits per heavy atom. The minimum Gasteiger partial charge on any atom is -0.362 e. The van der Waals surface area contributed by atoms with Gasteiger partial charge < -0.3 is 5.32 Å². The van der Waals surface area contributed by atoms with Crippen molar-refractivity contribution >= 4 is 22.8 Å². The number of hydrogen-bond acceptors (Lipinski definition) is 5. The first-order valence-electron chi connectivity index (χ1n) is 6.38. The van der Waals surface area contributed by atoms with E-state index in [1.54, 1.807) is 25.3 Å². The van der Waals surface area contributed by atoms with Gasteiger partial charge >= 0.3 is 5.69 Å². The number of anilines is 1. The van der Waals surface area contributed by atoms with Gasteiger partial charge in [-0.15, -0.1) is 11.3 Å². The summed E-state index contributed by atoms with van der Waals surface area (Å²) in [4.78, 5) is 13.3. The van der Waals surface area contributed by atoms with Crippen molar-refractivity contribution in [2.75, 3.05) is 5.32 Å². The third-order valence-electron chi connectivity index (χ3n) is 3.06. The molecule has 0 aliphatic heterocycles. The van der Waals surface area contributed by atoms with Gasteiger partial charge in [-0.25, -0.2) is 4.68 Å². The highest BCUT2D eigenvalue weighted by atomic mass is 32.1. The second kappa shape index (κ2) is 5.62. The molecule has 0 amide bonds. The maximum atomic E-state index is 11.1. The summed E-state index contributed by atoms with van der Waals surface area (Å²) in [5, 5.41) is 18.4. The lowest BCUT2D eigenvalue weighted by atomic mass is 10.2. The van der Waals surface area contributed by atoms with Crippen LogP contribution in [0.1, 0.15) is 22.4 Å². The normalized spacial score (nSPS) is 12.4. The SMILES string of the molecule is Cc1ccc(CC(C)Nc2c([N+](=O)[O-])c(C)nn2C)s1. The first-order chi connectivity index (χ1) is 9.38. The number of thiophene rings is 1. The van der Waals surface area contributed by atoms with E-state index in [-0.39, 0.29) is 16.7 Å². The van der Waals surface area contributed by atoms with Gasteiger partial charge in [-0.3, -0.25) is 10.1 Å². The van der Waals surface area contributed by atoms with Gasteiger partial charge in [0.2, 0.25) is 5.82 Å². The van der Waals surface area contributed by atoms with Crippen LogP contribution in [-0.4, -0.2) is 20.7 Å². The van der Waals surface area contributed by atoms with Crippen LogP contribution in [0, 0.1) is 24.0 Å². The number of hydrogen-bond donors (Lipinski definition) is 1. The molecule has 1 atom stereocenters. The molecule has 0 aliphatic rings. The summed E-state index contributed by atoms with van der Waals surface area (Å²) in [6.07, 6.45) is 0.833. The van der Waals surface area contributed by atoms with Crippen LogP contribution in [-0.2, 0) is 13.5 Å². The Balaban J connectivity index is 2.15. The van der Waals surface area contributed by atoms with Crippen LogP contribution in [0.5, 0.6) is 0 Å². The van der Waals surface area contributed by atoms with Gasteiger partial charge in [0.05, 0.1) is 4.92 Å². The predicted molar refractivity (Wildman–Crippen MR) is 80.4 cm³/mol. The summed E-state index contributed by atoms with van der Waals surface area (Å²) in [6.45, 7) is 5.74. The van der Waals surface area contributed by atoms with Crippen LogP contribution >= 0.6 is 11.3 Å². The zero-order valence-electron chi connectivity index (χ0n) is 12.0. The molecule has 2 aromatic heterocycles. The van der Waals surface area contributed by atoms with Gasteiger partial charge in [0, 0.05) is 29.3 Å². The lowest BCUT2D eigenvalue weighted by Crippen LogP contribution is -2.20. The van der Waals surface area contributed by atoms with E-state index in [2.05, 4.69) is 29.5 Å². The van der Waals surface area contributed by atoms with Crippen LogP contribution in [0.2, 0.25) is 0 Å². The molecule has 0 radical (unpaired) electrons. The van der Waals surface area contributed by atoms with Crippen molar-refractivity contribution in [3.8, 4) is 0 Å². The van der Waals surface area contributed by atoms with Crippen molar-refractivity contribution in [1.82, 2.24) is 9.78 Å². The van der Waals surface area contributed by atoms with Crippen molar-refractivity contribution < 1.29 is 4.92 Å². The van der Waals surface area contributed by atoms with Crippen molar-refractivity contribution in [1.29, 1.82) is 0 Å².